The molecule has 2 aromatic rings. The van der Waals surface area contributed by atoms with Crippen LogP contribution in [0.5, 0.6) is 0 Å². The number of halogens is 3. The van der Waals surface area contributed by atoms with Crippen molar-refractivity contribution in [2.45, 2.75) is 6.92 Å². The van der Waals surface area contributed by atoms with Gasteiger partial charge in [0.05, 0.1) is 9.48 Å². The lowest BCUT2D eigenvalue weighted by Crippen LogP contribution is -1.85. The van der Waals surface area contributed by atoms with Gasteiger partial charge in [0, 0.05) is 11.6 Å². The number of benzene rings is 1. The number of thiazole rings is 1. The lowest BCUT2D eigenvalue weighted by Gasteiger charge is -1.97. The number of aromatic nitrogens is 1. The molecule has 0 radical (unpaired) electrons. The van der Waals surface area contributed by atoms with Crippen molar-refractivity contribution in [3.05, 3.63) is 39.3 Å². The SMILES string of the molecule is Cc1nc(-c2ccc(F)cc2F)sc1Br. The highest BCUT2D eigenvalue weighted by Crippen LogP contribution is 2.32. The summed E-state index contributed by atoms with van der Waals surface area (Å²) in [5.41, 5.74) is 1.13. The van der Waals surface area contributed by atoms with Crippen LogP contribution in [0.4, 0.5) is 8.78 Å². The molecule has 0 saturated heterocycles. The smallest absolute Gasteiger partial charge is 0.136 e. The van der Waals surface area contributed by atoms with Gasteiger partial charge in [0.15, 0.2) is 0 Å². The van der Waals surface area contributed by atoms with Gasteiger partial charge in [0.2, 0.25) is 0 Å². The maximum absolute atomic E-state index is 13.4. The van der Waals surface area contributed by atoms with Crippen LogP contribution >= 0.6 is 27.3 Å². The first-order valence-electron chi connectivity index (χ1n) is 4.16. The number of hydrogen-bond acceptors (Lipinski definition) is 2. The zero-order valence-electron chi connectivity index (χ0n) is 7.72. The lowest BCUT2D eigenvalue weighted by molar-refractivity contribution is 0.585. The molecule has 0 bridgehead atoms. The van der Waals surface area contributed by atoms with Crippen LogP contribution in [0.3, 0.4) is 0 Å². The minimum absolute atomic E-state index is 0.329. The molecule has 1 heterocycles. The van der Waals surface area contributed by atoms with Gasteiger partial charge in [-0.25, -0.2) is 13.8 Å². The monoisotopic (exact) mass is 289 g/mol. The molecule has 78 valence electrons. The molecule has 0 aliphatic rings. The molecular formula is C10H6BrF2NS. The highest BCUT2D eigenvalue weighted by atomic mass is 79.9. The predicted molar refractivity (Wildman–Crippen MR) is 59.9 cm³/mol. The van der Waals surface area contributed by atoms with Crippen LogP contribution in [-0.4, -0.2) is 4.98 Å². The van der Waals surface area contributed by atoms with Crippen molar-refractivity contribution in [1.82, 2.24) is 4.98 Å². The third-order valence-corrected chi connectivity index (χ3v) is 3.94. The Bertz CT molecular complexity index is 491. The molecular weight excluding hydrogens is 284 g/mol. The summed E-state index contributed by atoms with van der Waals surface area (Å²) in [6.07, 6.45) is 0. The highest BCUT2D eigenvalue weighted by molar-refractivity contribution is 9.11. The molecule has 0 saturated carbocycles. The Morgan fingerprint density at radius 1 is 1.33 bits per heavy atom. The van der Waals surface area contributed by atoms with E-state index in [0.29, 0.717) is 10.6 Å². The van der Waals surface area contributed by atoms with Crippen molar-refractivity contribution in [2.24, 2.45) is 0 Å². The summed E-state index contributed by atoms with van der Waals surface area (Å²) in [5, 5.41) is 0.553. The number of hydrogen-bond donors (Lipinski definition) is 0. The largest absolute Gasteiger partial charge is 0.240 e. The van der Waals surface area contributed by atoms with E-state index in [0.717, 1.165) is 15.5 Å². The van der Waals surface area contributed by atoms with Gasteiger partial charge in [-0.1, -0.05) is 0 Å². The Labute approximate surface area is 97.9 Å². The minimum atomic E-state index is -0.587. The second kappa shape index (κ2) is 3.98. The molecule has 15 heavy (non-hydrogen) atoms. The van der Waals surface area contributed by atoms with Crippen LogP contribution in [0.25, 0.3) is 10.6 Å². The van der Waals surface area contributed by atoms with Gasteiger partial charge in [0.25, 0.3) is 0 Å². The van der Waals surface area contributed by atoms with E-state index in [4.69, 9.17) is 0 Å². The Balaban J connectivity index is 2.54. The Hall–Kier alpha value is -0.810. The molecule has 5 heteroatoms. The summed E-state index contributed by atoms with van der Waals surface area (Å²) in [4.78, 5) is 4.18. The van der Waals surface area contributed by atoms with Crippen LogP contribution in [0.15, 0.2) is 22.0 Å². The van der Waals surface area contributed by atoms with E-state index < -0.39 is 11.6 Å². The van der Waals surface area contributed by atoms with Gasteiger partial charge < -0.3 is 0 Å². The van der Waals surface area contributed by atoms with Crippen molar-refractivity contribution < 1.29 is 8.78 Å². The topological polar surface area (TPSA) is 12.9 Å². The van der Waals surface area contributed by atoms with Gasteiger partial charge in [-0.3, -0.25) is 0 Å². The zero-order valence-corrected chi connectivity index (χ0v) is 10.1. The quantitative estimate of drug-likeness (QED) is 0.768. The third kappa shape index (κ3) is 2.08. The fourth-order valence-corrected chi connectivity index (χ4v) is 2.53. The van der Waals surface area contributed by atoms with E-state index in [9.17, 15) is 8.78 Å². The number of aryl methyl sites for hydroxylation is 1. The molecule has 1 aromatic heterocycles. The summed E-state index contributed by atoms with van der Waals surface area (Å²) < 4.78 is 26.9. The highest BCUT2D eigenvalue weighted by Gasteiger charge is 2.11. The molecule has 0 spiro atoms. The van der Waals surface area contributed by atoms with Gasteiger partial charge >= 0.3 is 0 Å². The fourth-order valence-electron chi connectivity index (χ4n) is 1.16. The lowest BCUT2D eigenvalue weighted by atomic mass is 10.2. The second-order valence-electron chi connectivity index (χ2n) is 3.00. The zero-order chi connectivity index (χ0) is 11.0. The molecule has 1 nitrogen and oxygen atoms in total. The van der Waals surface area contributed by atoms with Gasteiger partial charge in [-0.05, 0) is 35.0 Å². The van der Waals surface area contributed by atoms with Gasteiger partial charge in [-0.2, -0.15) is 0 Å². The van der Waals surface area contributed by atoms with Crippen molar-refractivity contribution in [3.63, 3.8) is 0 Å². The average molecular weight is 290 g/mol. The van der Waals surface area contributed by atoms with Crippen LogP contribution < -0.4 is 0 Å². The third-order valence-electron chi connectivity index (χ3n) is 1.90. The van der Waals surface area contributed by atoms with Crippen molar-refractivity contribution in [2.75, 3.05) is 0 Å². The van der Waals surface area contributed by atoms with E-state index in [1.165, 1.54) is 23.5 Å². The van der Waals surface area contributed by atoms with E-state index in [1.54, 1.807) is 0 Å². The summed E-state index contributed by atoms with van der Waals surface area (Å²) in [7, 11) is 0. The maximum atomic E-state index is 13.4. The molecule has 0 N–H and O–H groups in total. The Morgan fingerprint density at radius 2 is 2.07 bits per heavy atom. The summed E-state index contributed by atoms with van der Waals surface area (Å²) in [6.45, 7) is 1.82. The molecule has 1 aromatic carbocycles. The molecule has 0 aliphatic heterocycles. The van der Waals surface area contributed by atoms with E-state index >= 15 is 0 Å². The molecule has 0 unspecified atom stereocenters. The summed E-state index contributed by atoms with van der Waals surface area (Å²) in [6, 6.07) is 3.48. The Kier molecular flexibility index (Phi) is 2.84. The van der Waals surface area contributed by atoms with Crippen LogP contribution in [-0.2, 0) is 0 Å². The Morgan fingerprint density at radius 3 is 2.60 bits per heavy atom. The molecule has 0 amide bonds. The predicted octanol–water partition coefficient (Wildman–Crippen LogP) is 4.16. The second-order valence-corrected chi connectivity index (χ2v) is 5.32. The summed E-state index contributed by atoms with van der Waals surface area (Å²) in [5.74, 6) is -1.17. The van der Waals surface area contributed by atoms with Gasteiger partial charge in [0.1, 0.15) is 16.6 Å². The first kappa shape index (κ1) is 10.7. The fraction of sp³-hybridized carbons (Fsp3) is 0.100. The van der Waals surface area contributed by atoms with Crippen LogP contribution in [0.1, 0.15) is 5.69 Å². The average Bonchev–Trinajstić information content (AvgIpc) is 2.46. The van der Waals surface area contributed by atoms with Crippen molar-refractivity contribution >= 4 is 27.3 Å². The van der Waals surface area contributed by atoms with E-state index in [1.807, 2.05) is 6.92 Å². The van der Waals surface area contributed by atoms with Crippen LogP contribution in [0.2, 0.25) is 0 Å². The maximum Gasteiger partial charge on any atom is 0.136 e. The normalized spacial score (nSPS) is 10.7. The first-order valence-corrected chi connectivity index (χ1v) is 5.77. The van der Waals surface area contributed by atoms with Crippen molar-refractivity contribution in [3.8, 4) is 10.6 Å². The van der Waals surface area contributed by atoms with E-state index in [2.05, 4.69) is 20.9 Å². The molecule has 2 rings (SSSR count). The summed E-state index contributed by atoms with van der Waals surface area (Å²) >= 11 is 4.64. The number of rotatable bonds is 1. The first-order chi connectivity index (χ1) is 7.08. The molecule has 0 atom stereocenters. The van der Waals surface area contributed by atoms with Gasteiger partial charge in [-0.15, -0.1) is 11.3 Å². The van der Waals surface area contributed by atoms with Crippen molar-refractivity contribution in [1.29, 1.82) is 0 Å². The standard InChI is InChI=1S/C10H6BrF2NS/c1-5-9(11)15-10(14-5)7-3-2-6(12)4-8(7)13/h2-4H,1H3. The molecule has 0 aliphatic carbocycles. The van der Waals surface area contributed by atoms with E-state index in [-0.39, 0.29) is 0 Å². The minimum Gasteiger partial charge on any atom is -0.240 e. The van der Waals surface area contributed by atoms with Crippen LogP contribution in [0, 0.1) is 18.6 Å². The molecule has 0 fully saturated rings. The number of nitrogens with zero attached hydrogens (tertiary/aromatic N) is 1.